The van der Waals surface area contributed by atoms with Crippen molar-refractivity contribution >= 4 is 45.4 Å². The maximum atomic E-state index is 12.5. The zero-order chi connectivity index (χ0) is 20.4. The fraction of sp³-hybridized carbons (Fsp3) is 0.300. The number of fused-ring (bicyclic) bond motifs is 2. The number of amides is 1. The van der Waals surface area contributed by atoms with Gasteiger partial charge in [0.25, 0.3) is 5.91 Å². The Labute approximate surface area is 172 Å². The van der Waals surface area contributed by atoms with Gasteiger partial charge < -0.3 is 15.6 Å². The summed E-state index contributed by atoms with van der Waals surface area (Å²) >= 11 is 1.49. The molecule has 0 bridgehead atoms. The van der Waals surface area contributed by atoms with Crippen molar-refractivity contribution in [3.05, 3.63) is 42.2 Å². The molecular formula is C20H23N7OS. The molecule has 0 spiro atoms. The molecule has 1 aromatic carbocycles. The van der Waals surface area contributed by atoms with Gasteiger partial charge in [-0.05, 0) is 32.2 Å². The van der Waals surface area contributed by atoms with Gasteiger partial charge in [0, 0.05) is 23.5 Å². The Balaban J connectivity index is 1.48. The third-order valence-corrected chi connectivity index (χ3v) is 5.02. The summed E-state index contributed by atoms with van der Waals surface area (Å²) in [4.78, 5) is 24.8. The molecule has 0 saturated heterocycles. The van der Waals surface area contributed by atoms with Crippen molar-refractivity contribution in [1.82, 2.24) is 30.0 Å². The number of aromatic nitrogens is 5. The van der Waals surface area contributed by atoms with E-state index in [0.29, 0.717) is 23.9 Å². The summed E-state index contributed by atoms with van der Waals surface area (Å²) < 4.78 is 1.80. The number of nitrogens with one attached hydrogen (secondary N) is 3. The van der Waals surface area contributed by atoms with Gasteiger partial charge >= 0.3 is 0 Å². The third kappa shape index (κ3) is 4.04. The van der Waals surface area contributed by atoms with E-state index in [0.717, 1.165) is 27.8 Å². The van der Waals surface area contributed by atoms with E-state index in [-0.39, 0.29) is 11.9 Å². The van der Waals surface area contributed by atoms with Crippen LogP contribution in [0.1, 0.15) is 24.3 Å². The van der Waals surface area contributed by atoms with E-state index in [1.807, 2.05) is 36.6 Å². The Hall–Kier alpha value is -3.07. The number of hydrogen-bond donors (Lipinski definition) is 3. The van der Waals surface area contributed by atoms with E-state index < -0.39 is 0 Å². The number of para-hydroxylation sites is 1. The summed E-state index contributed by atoms with van der Waals surface area (Å²) in [6.07, 6.45) is 3.71. The second kappa shape index (κ2) is 8.12. The number of thioether (sulfide) groups is 1. The largest absolute Gasteiger partial charge is 0.367 e. The topological polar surface area (TPSA) is 101 Å². The van der Waals surface area contributed by atoms with Crippen molar-refractivity contribution in [3.8, 4) is 0 Å². The number of carbonyl (C=O) groups is 1. The lowest BCUT2D eigenvalue weighted by molar-refractivity contribution is 0.0948. The van der Waals surface area contributed by atoms with Gasteiger partial charge in [-0.2, -0.15) is 5.10 Å². The van der Waals surface area contributed by atoms with Crippen LogP contribution >= 0.6 is 11.8 Å². The highest BCUT2D eigenvalue weighted by molar-refractivity contribution is 7.98. The smallest absolute Gasteiger partial charge is 0.267 e. The highest BCUT2D eigenvalue weighted by atomic mass is 32.2. The molecule has 8 nitrogen and oxygen atoms in total. The molecule has 0 fully saturated rings. The molecule has 150 valence electrons. The Morgan fingerprint density at radius 2 is 2.10 bits per heavy atom. The number of benzene rings is 1. The van der Waals surface area contributed by atoms with E-state index in [1.54, 1.807) is 10.9 Å². The molecule has 0 aliphatic carbocycles. The first-order chi connectivity index (χ1) is 14.0. The maximum absolute atomic E-state index is 12.5. The number of carbonyl (C=O) groups excluding carboxylic acids is 1. The minimum absolute atomic E-state index is 0.140. The van der Waals surface area contributed by atoms with Gasteiger partial charge in [-0.3, -0.25) is 4.79 Å². The monoisotopic (exact) mass is 409 g/mol. The summed E-state index contributed by atoms with van der Waals surface area (Å²) in [5.74, 6) is 0.641. The molecule has 0 saturated carbocycles. The van der Waals surface area contributed by atoms with Crippen molar-refractivity contribution in [2.24, 2.45) is 0 Å². The Kier molecular flexibility index (Phi) is 5.39. The summed E-state index contributed by atoms with van der Waals surface area (Å²) in [6, 6.07) is 9.93. The molecule has 3 aromatic heterocycles. The molecule has 1 amide bonds. The van der Waals surface area contributed by atoms with Crippen molar-refractivity contribution in [2.75, 3.05) is 18.1 Å². The molecule has 0 atom stereocenters. The molecule has 3 N–H and O–H groups in total. The van der Waals surface area contributed by atoms with Gasteiger partial charge in [-0.25, -0.2) is 14.6 Å². The van der Waals surface area contributed by atoms with Crippen molar-refractivity contribution < 1.29 is 4.79 Å². The van der Waals surface area contributed by atoms with Crippen LogP contribution in [-0.4, -0.2) is 49.5 Å². The number of anilines is 1. The average molecular weight is 410 g/mol. The fourth-order valence-electron chi connectivity index (χ4n) is 3.14. The highest BCUT2D eigenvalue weighted by Gasteiger charge is 2.14. The average Bonchev–Trinajstić information content (AvgIpc) is 3.31. The number of rotatable bonds is 7. The van der Waals surface area contributed by atoms with Crippen LogP contribution in [0.2, 0.25) is 0 Å². The molecule has 3 heterocycles. The lowest BCUT2D eigenvalue weighted by atomic mass is 10.2. The van der Waals surface area contributed by atoms with Crippen LogP contribution in [0.25, 0.3) is 21.9 Å². The van der Waals surface area contributed by atoms with Crippen LogP contribution in [0.5, 0.6) is 0 Å². The van der Waals surface area contributed by atoms with E-state index >= 15 is 0 Å². The Morgan fingerprint density at radius 1 is 1.28 bits per heavy atom. The SMILES string of the molecule is CSc1nc(NC(C)C)c2cnn(CCNC(=O)c3cc4ccccc4[nH]3)c2n1. The van der Waals surface area contributed by atoms with Crippen molar-refractivity contribution in [2.45, 2.75) is 31.6 Å². The second-order valence-corrected chi connectivity index (χ2v) is 7.76. The zero-order valence-electron chi connectivity index (χ0n) is 16.6. The highest BCUT2D eigenvalue weighted by Crippen LogP contribution is 2.24. The first kappa shape index (κ1) is 19.3. The van der Waals surface area contributed by atoms with E-state index in [4.69, 9.17) is 0 Å². The third-order valence-electron chi connectivity index (χ3n) is 4.47. The van der Waals surface area contributed by atoms with Crippen LogP contribution in [0.15, 0.2) is 41.7 Å². The first-order valence-corrected chi connectivity index (χ1v) is 10.7. The lowest BCUT2D eigenvalue weighted by Crippen LogP contribution is -2.27. The van der Waals surface area contributed by atoms with Crippen LogP contribution in [0.4, 0.5) is 5.82 Å². The fourth-order valence-corrected chi connectivity index (χ4v) is 3.50. The van der Waals surface area contributed by atoms with Crippen molar-refractivity contribution in [3.63, 3.8) is 0 Å². The Bertz CT molecular complexity index is 1130. The van der Waals surface area contributed by atoms with Crippen LogP contribution in [0.3, 0.4) is 0 Å². The molecule has 0 aliphatic rings. The summed E-state index contributed by atoms with van der Waals surface area (Å²) in [5.41, 5.74) is 2.25. The lowest BCUT2D eigenvalue weighted by Gasteiger charge is -2.11. The molecule has 4 aromatic rings. The summed E-state index contributed by atoms with van der Waals surface area (Å²) in [6.45, 7) is 5.09. The minimum atomic E-state index is -0.140. The predicted molar refractivity (Wildman–Crippen MR) is 116 cm³/mol. The molecular weight excluding hydrogens is 386 g/mol. The summed E-state index contributed by atoms with van der Waals surface area (Å²) in [5, 5.41) is 13.3. The van der Waals surface area contributed by atoms with Gasteiger partial charge in [0.1, 0.15) is 11.5 Å². The second-order valence-electron chi connectivity index (χ2n) is 6.99. The minimum Gasteiger partial charge on any atom is -0.367 e. The van der Waals surface area contributed by atoms with Crippen LogP contribution in [-0.2, 0) is 6.54 Å². The molecule has 0 unspecified atom stereocenters. The van der Waals surface area contributed by atoms with Crippen LogP contribution < -0.4 is 10.6 Å². The maximum Gasteiger partial charge on any atom is 0.267 e. The number of H-pyrrole nitrogens is 1. The van der Waals surface area contributed by atoms with Gasteiger partial charge in [0.15, 0.2) is 10.8 Å². The van der Waals surface area contributed by atoms with Gasteiger partial charge in [-0.15, -0.1) is 0 Å². The molecule has 9 heteroatoms. The summed E-state index contributed by atoms with van der Waals surface area (Å²) in [7, 11) is 0. The number of nitrogens with zero attached hydrogens (tertiary/aromatic N) is 4. The van der Waals surface area contributed by atoms with E-state index in [9.17, 15) is 4.79 Å². The van der Waals surface area contributed by atoms with Gasteiger partial charge in [-0.1, -0.05) is 30.0 Å². The predicted octanol–water partition coefficient (Wildman–Crippen LogP) is 3.28. The Morgan fingerprint density at radius 3 is 2.86 bits per heavy atom. The first-order valence-electron chi connectivity index (χ1n) is 9.45. The van der Waals surface area contributed by atoms with Gasteiger partial charge in [0.2, 0.25) is 0 Å². The van der Waals surface area contributed by atoms with Crippen LogP contribution in [0, 0.1) is 0 Å². The van der Waals surface area contributed by atoms with E-state index in [2.05, 4.69) is 44.5 Å². The number of aromatic amines is 1. The normalized spacial score (nSPS) is 11.4. The van der Waals surface area contributed by atoms with Gasteiger partial charge in [0.05, 0.1) is 18.1 Å². The number of hydrogen-bond acceptors (Lipinski definition) is 6. The molecule has 0 aliphatic heterocycles. The van der Waals surface area contributed by atoms with E-state index in [1.165, 1.54) is 11.8 Å². The standard InChI is InChI=1S/C20H23N7OS/c1-12(2)23-17-14-11-22-27(18(14)26-20(25-17)29-3)9-8-21-19(28)16-10-13-6-4-5-7-15(13)24-16/h4-7,10-12,24H,8-9H2,1-3H3,(H,21,28)(H,23,25,26). The molecule has 29 heavy (non-hydrogen) atoms. The quantitative estimate of drug-likeness (QED) is 0.320. The molecule has 4 rings (SSSR count). The zero-order valence-corrected chi connectivity index (χ0v) is 17.4. The van der Waals surface area contributed by atoms with Crippen molar-refractivity contribution in [1.29, 1.82) is 0 Å². The molecule has 0 radical (unpaired) electrons.